The average Bonchev–Trinajstić information content (AvgIpc) is 2.49. The number of hydrogen-bond donors (Lipinski definition) is 2. The van der Waals surface area contributed by atoms with Crippen LogP contribution in [-0.4, -0.2) is 17.0 Å². The number of amides is 1. The molecule has 0 fully saturated rings. The zero-order valence-corrected chi connectivity index (χ0v) is 11.5. The van der Waals surface area contributed by atoms with Crippen LogP contribution in [0.4, 0.5) is 5.69 Å². The molecule has 0 aliphatic carbocycles. The second-order valence-corrected chi connectivity index (χ2v) is 4.46. The van der Waals surface area contributed by atoms with Crippen molar-refractivity contribution in [2.24, 2.45) is 0 Å². The van der Waals surface area contributed by atoms with Gasteiger partial charge in [-0.05, 0) is 29.8 Å². The minimum Gasteiger partial charge on any atom is -0.489 e. The number of carboxylic acid groups (broad SMARTS) is 1. The maximum Gasteiger partial charge on any atom is 0.337 e. The summed E-state index contributed by atoms with van der Waals surface area (Å²) in [6.45, 7) is 2.10. The highest BCUT2D eigenvalue weighted by Crippen LogP contribution is 2.19. The molecule has 2 heterocycles. The summed E-state index contributed by atoms with van der Waals surface area (Å²) in [5.41, 5.74) is 1.68. The quantitative estimate of drug-likeness (QED) is 0.889. The molecule has 0 saturated carbocycles. The van der Waals surface area contributed by atoms with Gasteiger partial charge in [0, 0.05) is 6.92 Å². The topological polar surface area (TPSA) is 75.6 Å². The van der Waals surface area contributed by atoms with Gasteiger partial charge in [0.1, 0.15) is 12.4 Å². The molecule has 0 saturated heterocycles. The van der Waals surface area contributed by atoms with Gasteiger partial charge in [-0.1, -0.05) is 24.3 Å². The van der Waals surface area contributed by atoms with Gasteiger partial charge in [0.2, 0.25) is 5.91 Å². The number of rotatable bonds is 2. The van der Waals surface area contributed by atoms with Gasteiger partial charge in [-0.15, -0.1) is 0 Å². The fraction of sp³-hybridized carbons (Fsp3) is 0.125. The summed E-state index contributed by atoms with van der Waals surface area (Å²) < 4.78 is 5.18. The fourth-order valence-corrected chi connectivity index (χ4v) is 1.82. The van der Waals surface area contributed by atoms with Crippen LogP contribution >= 0.6 is 0 Å². The number of hydrogen-bond acceptors (Lipinski definition) is 3. The van der Waals surface area contributed by atoms with E-state index in [1.807, 2.05) is 12.1 Å². The van der Waals surface area contributed by atoms with E-state index < -0.39 is 5.97 Å². The number of anilines is 1. The summed E-state index contributed by atoms with van der Waals surface area (Å²) in [6.07, 6.45) is 0. The third kappa shape index (κ3) is 4.07. The summed E-state index contributed by atoms with van der Waals surface area (Å²) in [5.74, 6) is -0.349. The van der Waals surface area contributed by atoms with E-state index in [1.54, 1.807) is 18.2 Å². The molecular weight excluding hydrogens is 270 g/mol. The average molecular weight is 285 g/mol. The van der Waals surface area contributed by atoms with Gasteiger partial charge in [-0.3, -0.25) is 4.79 Å². The van der Waals surface area contributed by atoms with Crippen LogP contribution < -0.4 is 10.1 Å². The van der Waals surface area contributed by atoms with Crippen molar-refractivity contribution in [3.8, 4) is 5.75 Å². The number of carbonyl (C=O) groups is 2. The highest BCUT2D eigenvalue weighted by molar-refractivity contribution is 5.99. The molecule has 0 unspecified atom stereocenters. The van der Waals surface area contributed by atoms with Crippen molar-refractivity contribution in [2.45, 2.75) is 13.5 Å². The fourth-order valence-electron chi connectivity index (χ4n) is 1.82. The van der Waals surface area contributed by atoms with Crippen LogP contribution in [0, 0.1) is 0 Å². The molecule has 2 bridgehead atoms. The summed E-state index contributed by atoms with van der Waals surface area (Å²) in [4.78, 5) is 21.3. The molecule has 2 aliphatic heterocycles. The maximum atomic E-state index is 10.7. The molecule has 4 rings (SSSR count). The standard InChI is InChI=1S/C9H9NO3.C7H6O/c1-6(11)10-8-5-3-2-4-7(8)9(12)13;1-3-7-4-2-6(1)5-8-7/h2-5H,1H3,(H,10,11)(H,12,13);1-4H,5H2. The zero-order valence-electron chi connectivity index (χ0n) is 11.5. The van der Waals surface area contributed by atoms with Crippen molar-refractivity contribution in [3.63, 3.8) is 0 Å². The van der Waals surface area contributed by atoms with Gasteiger partial charge >= 0.3 is 5.97 Å². The molecule has 0 atom stereocenters. The van der Waals surface area contributed by atoms with Gasteiger partial charge in [-0.2, -0.15) is 0 Å². The zero-order chi connectivity index (χ0) is 15.2. The molecule has 2 aromatic rings. The summed E-state index contributed by atoms with van der Waals surface area (Å²) in [7, 11) is 0. The van der Waals surface area contributed by atoms with E-state index in [4.69, 9.17) is 9.84 Å². The number of carboxylic acids is 1. The Balaban J connectivity index is 0.000000170. The van der Waals surface area contributed by atoms with E-state index in [9.17, 15) is 9.59 Å². The first-order valence-corrected chi connectivity index (χ1v) is 6.38. The van der Waals surface area contributed by atoms with Crippen molar-refractivity contribution < 1.29 is 19.4 Å². The predicted octanol–water partition coefficient (Wildman–Crippen LogP) is 2.92. The first-order chi connectivity index (χ1) is 10.1. The monoisotopic (exact) mass is 285 g/mol. The van der Waals surface area contributed by atoms with E-state index in [1.165, 1.54) is 18.6 Å². The molecule has 0 aromatic heterocycles. The number of benzene rings is 2. The molecule has 1 amide bonds. The van der Waals surface area contributed by atoms with Gasteiger partial charge in [0.15, 0.2) is 0 Å². The highest BCUT2D eigenvalue weighted by Gasteiger charge is 2.08. The number of para-hydroxylation sites is 1. The molecule has 108 valence electrons. The second kappa shape index (κ2) is 6.56. The van der Waals surface area contributed by atoms with E-state index in [0.717, 1.165) is 12.4 Å². The number of carbonyl (C=O) groups excluding carboxylic acids is 1. The highest BCUT2D eigenvalue weighted by atomic mass is 16.5. The number of aromatic carboxylic acids is 1. The van der Waals surface area contributed by atoms with Gasteiger partial charge < -0.3 is 15.2 Å². The third-order valence-corrected chi connectivity index (χ3v) is 2.80. The Bertz CT molecular complexity index is 627. The molecule has 0 radical (unpaired) electrons. The van der Waals surface area contributed by atoms with Crippen LogP contribution in [0.3, 0.4) is 0 Å². The third-order valence-electron chi connectivity index (χ3n) is 2.80. The van der Waals surface area contributed by atoms with Crippen LogP contribution in [0.1, 0.15) is 22.8 Å². The van der Waals surface area contributed by atoms with Crippen molar-refractivity contribution in [1.29, 1.82) is 0 Å². The smallest absolute Gasteiger partial charge is 0.337 e. The van der Waals surface area contributed by atoms with Gasteiger partial charge in [-0.25, -0.2) is 4.79 Å². The minimum atomic E-state index is -1.05. The Hall–Kier alpha value is -2.82. The van der Waals surface area contributed by atoms with E-state index in [2.05, 4.69) is 17.4 Å². The lowest BCUT2D eigenvalue weighted by Gasteiger charge is -2.11. The van der Waals surface area contributed by atoms with E-state index in [0.29, 0.717) is 5.69 Å². The Morgan fingerprint density at radius 2 is 1.76 bits per heavy atom. The molecule has 5 heteroatoms. The minimum absolute atomic E-state index is 0.0951. The number of nitrogens with one attached hydrogen (secondary N) is 1. The summed E-state index contributed by atoms with van der Waals surface area (Å²) >= 11 is 0. The predicted molar refractivity (Wildman–Crippen MR) is 78.5 cm³/mol. The molecule has 2 N–H and O–H groups in total. The normalized spacial score (nSPS) is 10.9. The SMILES string of the molecule is CC(=O)Nc1ccccc1C(=O)O.c1cc2ccc1CO2. The maximum absolute atomic E-state index is 10.7. The van der Waals surface area contributed by atoms with Crippen molar-refractivity contribution >= 4 is 17.6 Å². The lowest BCUT2D eigenvalue weighted by atomic mass is 10.2. The molecule has 2 aliphatic rings. The largest absolute Gasteiger partial charge is 0.489 e. The van der Waals surface area contributed by atoms with Crippen molar-refractivity contribution in [3.05, 3.63) is 59.7 Å². The summed E-state index contributed by atoms with van der Waals surface area (Å²) in [5, 5.41) is 11.2. The molecule has 0 spiro atoms. The van der Waals surface area contributed by atoms with Crippen LogP contribution in [0.25, 0.3) is 0 Å². The van der Waals surface area contributed by atoms with Crippen molar-refractivity contribution in [2.75, 3.05) is 5.32 Å². The van der Waals surface area contributed by atoms with Gasteiger partial charge in [0.25, 0.3) is 0 Å². The number of ether oxygens (including phenoxy) is 1. The van der Waals surface area contributed by atoms with Crippen LogP contribution in [0.5, 0.6) is 5.75 Å². The Kier molecular flexibility index (Phi) is 4.56. The van der Waals surface area contributed by atoms with Gasteiger partial charge in [0.05, 0.1) is 11.3 Å². The molecular formula is C16H15NO4. The van der Waals surface area contributed by atoms with Crippen LogP contribution in [0.15, 0.2) is 48.5 Å². The summed E-state index contributed by atoms with van der Waals surface area (Å²) in [6, 6.07) is 14.4. The molecule has 5 nitrogen and oxygen atoms in total. The first-order valence-electron chi connectivity index (χ1n) is 6.38. The lowest BCUT2D eigenvalue weighted by molar-refractivity contribution is -0.114. The van der Waals surface area contributed by atoms with Crippen LogP contribution in [-0.2, 0) is 11.4 Å². The Morgan fingerprint density at radius 3 is 2.14 bits per heavy atom. The molecule has 21 heavy (non-hydrogen) atoms. The lowest BCUT2D eigenvalue weighted by Crippen LogP contribution is -2.10. The first kappa shape index (κ1) is 14.6. The Labute approximate surface area is 122 Å². The van der Waals surface area contributed by atoms with Crippen molar-refractivity contribution in [1.82, 2.24) is 0 Å². The number of fused-ring (bicyclic) bond motifs is 3. The van der Waals surface area contributed by atoms with Crippen LogP contribution in [0.2, 0.25) is 0 Å². The van der Waals surface area contributed by atoms with E-state index >= 15 is 0 Å². The second-order valence-electron chi connectivity index (χ2n) is 4.46. The molecule has 2 aromatic carbocycles. The Morgan fingerprint density at radius 1 is 1.10 bits per heavy atom. The van der Waals surface area contributed by atoms with E-state index in [-0.39, 0.29) is 11.5 Å².